The van der Waals surface area contributed by atoms with Crippen molar-refractivity contribution in [2.45, 2.75) is 117 Å². The van der Waals surface area contributed by atoms with Gasteiger partial charge >= 0.3 is 123 Å². The second-order valence-electron chi connectivity index (χ2n) is 21.1. The average Bonchev–Trinajstić information content (AvgIpc) is 0.687. The van der Waals surface area contributed by atoms with Crippen molar-refractivity contribution >= 4 is 44.8 Å². The van der Waals surface area contributed by atoms with E-state index in [-0.39, 0.29) is 54.1 Å². The number of aliphatic hydroxyl groups excluding tert-OH is 1. The number of aliphatic hydroxyl groups is 2. The van der Waals surface area contributed by atoms with E-state index >= 15 is 0 Å². The monoisotopic (exact) mass is 1550 g/mol. The van der Waals surface area contributed by atoms with E-state index in [9.17, 15) is 133 Å². The summed E-state index contributed by atoms with van der Waals surface area (Å²) in [6.07, 6.45) is -49.1. The Morgan fingerprint density at radius 2 is 0.753 bits per heavy atom. The van der Waals surface area contributed by atoms with E-state index in [0.717, 1.165) is 36.4 Å². The zero-order chi connectivity index (χ0) is 72.6. The molecule has 0 radical (unpaired) electrons. The number of ether oxygens (including phenoxy) is 2. The van der Waals surface area contributed by atoms with Crippen LogP contribution in [0.2, 0.25) is 0 Å². The first kappa shape index (κ1) is 78.3. The van der Waals surface area contributed by atoms with Crippen LogP contribution in [0.5, 0.6) is 5.75 Å². The Morgan fingerprint density at radius 1 is 0.443 bits per heavy atom. The molecule has 7 atom stereocenters. The quantitative estimate of drug-likeness (QED) is 0.0583. The predicted octanol–water partition coefficient (Wildman–Crippen LogP) is 18.5. The summed E-state index contributed by atoms with van der Waals surface area (Å²) < 4.78 is 416. The van der Waals surface area contributed by atoms with Gasteiger partial charge in [-0.1, -0.05) is 48.5 Å². The van der Waals surface area contributed by atoms with Crippen molar-refractivity contribution in [3.63, 3.8) is 0 Å². The molecule has 97 heavy (non-hydrogen) atoms. The van der Waals surface area contributed by atoms with Crippen molar-refractivity contribution in [1.29, 1.82) is 0 Å². The summed E-state index contributed by atoms with van der Waals surface area (Å²) in [5, 5.41) is 18.5. The van der Waals surface area contributed by atoms with Gasteiger partial charge in [-0.2, -0.15) is 105 Å². The molecular weight excluding hydrogens is 1510 g/mol. The van der Waals surface area contributed by atoms with Crippen LogP contribution in [0, 0.1) is 0 Å². The number of allylic oxidation sites excluding steroid dienone is 4. The molecule has 3 aliphatic rings. The number of fused-ring (bicyclic) bond motifs is 1. The summed E-state index contributed by atoms with van der Waals surface area (Å²) in [6, 6.07) is 7.10. The van der Waals surface area contributed by atoms with E-state index in [1.807, 2.05) is 0 Å². The third-order valence-electron chi connectivity index (χ3n) is 14.1. The molecule has 2 N–H and O–H groups in total. The van der Waals surface area contributed by atoms with E-state index in [0.29, 0.717) is 0 Å². The number of rotatable bonds is 11. The van der Waals surface area contributed by atoms with Gasteiger partial charge in [0, 0.05) is 27.1 Å². The van der Waals surface area contributed by atoms with Crippen molar-refractivity contribution in [2.75, 3.05) is 0 Å². The van der Waals surface area contributed by atoms with Gasteiger partial charge in [0.25, 0.3) is 0 Å². The third kappa shape index (κ3) is 20.1. The maximum absolute atomic E-state index is 14.7. The fourth-order valence-corrected chi connectivity index (χ4v) is 14.5. The van der Waals surface area contributed by atoms with E-state index in [2.05, 4.69) is 36.5 Å². The number of benzene rings is 6. The molecule has 9 rings (SSSR count). The van der Waals surface area contributed by atoms with Crippen LogP contribution in [0.4, 0.5) is 123 Å². The predicted molar refractivity (Wildman–Crippen MR) is 290 cm³/mol. The Balaban J connectivity index is 0.000000846. The molecular formula is C59H41BF28O6P2Rh-. The summed E-state index contributed by atoms with van der Waals surface area (Å²) in [4.78, 5) is 0. The Bertz CT molecular complexity index is 3450. The number of halogens is 28. The molecule has 2 fully saturated rings. The summed E-state index contributed by atoms with van der Waals surface area (Å²) >= 11 is 2.97. The molecule has 0 spiro atoms. The van der Waals surface area contributed by atoms with Crippen molar-refractivity contribution in [1.82, 2.24) is 0 Å². The van der Waals surface area contributed by atoms with Gasteiger partial charge in [0.15, 0.2) is 6.10 Å². The minimum absolute atomic E-state index is 0.256. The van der Waals surface area contributed by atoms with Gasteiger partial charge in [-0.3, -0.25) is 0 Å². The first-order valence-electron chi connectivity index (χ1n) is 27.1. The Morgan fingerprint density at radius 3 is 1.08 bits per heavy atom. The number of hydrogen-bond acceptors (Lipinski definition) is 6. The molecule has 0 amide bonds. The molecule has 2 unspecified atom stereocenters. The fraction of sp³-hybridized carbons (Fsp3) is 0.322. The summed E-state index contributed by atoms with van der Waals surface area (Å²) in [6.45, 7) is 0. The van der Waals surface area contributed by atoms with Crippen LogP contribution in [0.1, 0.15) is 81.7 Å². The van der Waals surface area contributed by atoms with Gasteiger partial charge in [0.1, 0.15) is 23.6 Å². The van der Waals surface area contributed by atoms with Crippen LogP contribution in [-0.2, 0) is 81.5 Å². The first-order valence-corrected chi connectivity index (χ1v) is 30.5. The summed E-state index contributed by atoms with van der Waals surface area (Å²) in [5.41, 5.74) is -22.4. The molecule has 532 valence electrons. The van der Waals surface area contributed by atoms with E-state index in [1.165, 1.54) is 54.1 Å². The number of hydrogen-bond donors (Lipinski definition) is 2. The standard InChI is InChI=1S/C51H30F24O6P2.C8H11.BF4.Rh/c52-44(53,54)24-11-25(45(55,56)57)16-33(15-24)82(34-17-26(46(58,59)60)12-27(18-34)47(61,62)63)80-39-41(43(77)37(23-7-3-1-4-8-23)38(76)40(43)79-42(39)78-32-9-5-2-6-10-32)81-83(35-19-28(48(64,65)66)13-29(20-35)49(67,68)69)36-21-30(50(70,71)72)14-31(22-36)51(73,74)75;1-2-4-6-8-7-5-3-1;2-1(3,4)5;/h1-22,37-42,76-77H;1-2,7H,3-6H2;;/q;;-1;/b;2-1-,8-7?;;/t37?,38?,39-,40-,41-,42-,43-;;;/m1.../s1. The van der Waals surface area contributed by atoms with Crippen LogP contribution in [0.15, 0.2) is 156 Å². The molecule has 2 aliphatic carbocycles. The Kier molecular flexibility index (Phi) is 23.6. The molecule has 1 saturated carbocycles. The zero-order valence-electron chi connectivity index (χ0n) is 47.6. The molecule has 1 heterocycles. The normalized spacial score (nSPS) is 22.4. The van der Waals surface area contributed by atoms with E-state index in [1.54, 1.807) is 0 Å². The third-order valence-corrected chi connectivity index (χ3v) is 18.7. The van der Waals surface area contributed by atoms with Gasteiger partial charge < -0.3 is 46.0 Å². The van der Waals surface area contributed by atoms with E-state index in [4.69, 9.17) is 18.5 Å². The zero-order valence-corrected chi connectivity index (χ0v) is 51.1. The SMILES string of the molecule is F[B-](F)(F)F.OC1C(c2ccccc2)[C@@]2(O)[C@@H]1O[C@@H](Oc1ccccc1)[C@H](OP(c1cc(C(F)(F)F)cc(C(F)(F)F)c1)c1cc(C(F)(F)F)cc(C(F)(F)F)c1)[C@H]2OP(c1cc(C(F)(F)F)cc(C(F)(F)F)c1)c1cc(C(F)(F)F)cc(C(F)(F)F)c1.[Rh]/[C]1=C/CC/C=C\CC1. The maximum atomic E-state index is 14.7. The fourth-order valence-electron chi connectivity index (χ4n) is 9.92. The van der Waals surface area contributed by atoms with Crippen LogP contribution < -0.4 is 26.0 Å². The number of para-hydroxylation sites is 1. The molecule has 0 aromatic heterocycles. The van der Waals surface area contributed by atoms with Gasteiger partial charge in [-0.25, -0.2) is 0 Å². The topological polar surface area (TPSA) is 77.4 Å². The summed E-state index contributed by atoms with van der Waals surface area (Å²) in [5.74, 6) is -2.65. The van der Waals surface area contributed by atoms with Crippen LogP contribution >= 0.6 is 16.3 Å². The number of alkyl halides is 24. The Hall–Kier alpha value is -6.01. The van der Waals surface area contributed by atoms with Crippen LogP contribution in [-0.4, -0.2) is 53.8 Å². The molecule has 38 heteroatoms. The first-order chi connectivity index (χ1) is 44.3. The van der Waals surface area contributed by atoms with Crippen molar-refractivity contribution in [2.24, 2.45) is 0 Å². The average molecular weight is 1550 g/mol. The molecule has 6 aromatic carbocycles. The van der Waals surface area contributed by atoms with Crippen molar-refractivity contribution in [3.8, 4) is 5.75 Å². The van der Waals surface area contributed by atoms with Gasteiger partial charge in [-0.05, 0) is 90.5 Å². The van der Waals surface area contributed by atoms with Crippen LogP contribution in [0.3, 0.4) is 0 Å². The molecule has 0 bridgehead atoms. The van der Waals surface area contributed by atoms with Crippen molar-refractivity contribution in [3.05, 3.63) is 206 Å². The van der Waals surface area contributed by atoms with Gasteiger partial charge in [0.05, 0.1) is 66.9 Å². The molecule has 1 saturated heterocycles. The second kappa shape index (κ2) is 29.3. The van der Waals surface area contributed by atoms with Crippen molar-refractivity contribution < 1.29 is 170 Å². The van der Waals surface area contributed by atoms with Gasteiger partial charge in [0.2, 0.25) is 6.29 Å². The molecule has 6 aromatic rings. The molecule has 6 nitrogen and oxygen atoms in total. The second-order valence-corrected chi connectivity index (χ2v) is 25.8. The Labute approximate surface area is 541 Å². The van der Waals surface area contributed by atoms with Crippen LogP contribution in [0.25, 0.3) is 0 Å². The minimum atomic E-state index is -6.00. The summed E-state index contributed by atoms with van der Waals surface area (Å²) in [7, 11) is -14.8. The molecule has 1 aliphatic heterocycles. The van der Waals surface area contributed by atoms with E-state index < -0.39 is 211 Å². The van der Waals surface area contributed by atoms with Gasteiger partial charge in [-0.15, -0.1) is 0 Å².